The van der Waals surface area contributed by atoms with Gasteiger partial charge >= 0.3 is 12.0 Å². The van der Waals surface area contributed by atoms with Crippen molar-refractivity contribution in [2.24, 2.45) is 5.92 Å². The summed E-state index contributed by atoms with van der Waals surface area (Å²) in [6.07, 6.45) is 6.64. The lowest BCUT2D eigenvalue weighted by atomic mass is 10.1. The molecule has 2 heterocycles. The molecule has 0 aromatic heterocycles. The zero-order valence-electron chi connectivity index (χ0n) is 16.0. The van der Waals surface area contributed by atoms with E-state index in [4.69, 9.17) is 4.74 Å². The van der Waals surface area contributed by atoms with Crippen molar-refractivity contribution in [1.82, 2.24) is 15.1 Å². The van der Waals surface area contributed by atoms with Gasteiger partial charge in [-0.05, 0) is 32.6 Å². The van der Waals surface area contributed by atoms with Crippen LogP contribution in [0.4, 0.5) is 4.79 Å². The van der Waals surface area contributed by atoms with Gasteiger partial charge in [-0.15, -0.1) is 0 Å². The molecule has 0 aromatic carbocycles. The van der Waals surface area contributed by atoms with Crippen LogP contribution in [0, 0.1) is 5.92 Å². The molecule has 150 valence electrons. The minimum absolute atomic E-state index is 0.0789. The normalized spacial score (nSPS) is 34.4. The van der Waals surface area contributed by atoms with Crippen molar-refractivity contribution in [3.8, 4) is 0 Å². The van der Waals surface area contributed by atoms with Gasteiger partial charge in [-0.2, -0.15) is 0 Å². The summed E-state index contributed by atoms with van der Waals surface area (Å²) in [5, 5.41) is 12.9. The monoisotopic (exact) mass is 379 g/mol. The summed E-state index contributed by atoms with van der Waals surface area (Å²) in [6.45, 7) is 2.66. The highest BCUT2D eigenvalue weighted by molar-refractivity contribution is 5.93. The van der Waals surface area contributed by atoms with E-state index in [1.807, 2.05) is 12.2 Å². The molecule has 2 N–H and O–H groups in total. The predicted octanol–water partition coefficient (Wildman–Crippen LogP) is 0.652. The third kappa shape index (κ3) is 3.95. The smallest absolute Gasteiger partial charge is 0.332 e. The second-order valence-electron chi connectivity index (χ2n) is 7.67. The van der Waals surface area contributed by atoms with Crippen LogP contribution in [0.5, 0.6) is 0 Å². The van der Waals surface area contributed by atoms with E-state index in [1.165, 1.54) is 4.90 Å². The number of nitrogens with one attached hydrogen (secondary N) is 1. The second kappa shape index (κ2) is 7.88. The summed E-state index contributed by atoms with van der Waals surface area (Å²) in [5.41, 5.74) is -1.07. The Kier molecular flexibility index (Phi) is 5.74. The molecule has 1 saturated heterocycles. The number of carbonyl (C=O) groups excluding carboxylic acids is 3. The van der Waals surface area contributed by atoms with Crippen molar-refractivity contribution >= 4 is 17.9 Å². The Balaban J connectivity index is 1.85. The van der Waals surface area contributed by atoms with Crippen LogP contribution >= 0.6 is 0 Å². The van der Waals surface area contributed by atoms with Crippen LogP contribution in [0.1, 0.15) is 39.0 Å². The van der Waals surface area contributed by atoms with Gasteiger partial charge in [0.05, 0.1) is 12.7 Å². The predicted molar refractivity (Wildman–Crippen MR) is 97.7 cm³/mol. The number of allylic oxidation sites excluding steroid dienone is 1. The van der Waals surface area contributed by atoms with E-state index in [2.05, 4.69) is 5.32 Å². The average molecular weight is 379 g/mol. The lowest BCUT2D eigenvalue weighted by molar-refractivity contribution is -0.147. The van der Waals surface area contributed by atoms with Crippen molar-refractivity contribution in [2.75, 3.05) is 26.7 Å². The highest BCUT2D eigenvalue weighted by atomic mass is 16.5. The van der Waals surface area contributed by atoms with E-state index >= 15 is 0 Å². The summed E-state index contributed by atoms with van der Waals surface area (Å²) >= 11 is 0. The standard InChI is InChI=1S/C19H29N3O5/c1-3-27-17(25)19-11-13(19)8-6-4-5-7-9-21(2)16(24)15-10-14(23)12-22(15)18(26)20-19/h6,8,13-15,23H,3-5,7,9-12H2,1-2H3,(H,20,26)/t13-,14+,15+,19-/m1/s1. The molecule has 3 aliphatic rings. The Hall–Kier alpha value is -2.09. The van der Waals surface area contributed by atoms with Crippen LogP contribution in [0.2, 0.25) is 0 Å². The molecule has 0 radical (unpaired) electrons. The maximum Gasteiger partial charge on any atom is 0.332 e. The number of esters is 1. The largest absolute Gasteiger partial charge is 0.464 e. The molecule has 8 nitrogen and oxygen atoms in total. The summed E-state index contributed by atoms with van der Waals surface area (Å²) < 4.78 is 5.18. The third-order valence-corrected chi connectivity index (χ3v) is 5.67. The number of nitrogens with zero attached hydrogens (tertiary/aromatic N) is 2. The van der Waals surface area contributed by atoms with Crippen LogP contribution < -0.4 is 5.32 Å². The molecule has 2 aliphatic heterocycles. The number of hydrogen-bond acceptors (Lipinski definition) is 5. The van der Waals surface area contributed by atoms with Crippen molar-refractivity contribution in [2.45, 2.75) is 56.7 Å². The maximum atomic E-state index is 12.9. The lowest BCUT2D eigenvalue weighted by Gasteiger charge is -2.29. The number of urea groups is 1. The van der Waals surface area contributed by atoms with E-state index in [-0.39, 0.29) is 31.4 Å². The molecule has 3 amide bonds. The minimum Gasteiger partial charge on any atom is -0.464 e. The zero-order chi connectivity index (χ0) is 19.6. The number of aliphatic hydroxyl groups excluding tert-OH is 1. The fraction of sp³-hybridized carbons (Fsp3) is 0.737. The van der Waals surface area contributed by atoms with Gasteiger partial charge in [0.2, 0.25) is 5.91 Å². The van der Waals surface area contributed by atoms with Gasteiger partial charge in [0.1, 0.15) is 11.6 Å². The molecule has 1 aliphatic carbocycles. The van der Waals surface area contributed by atoms with E-state index in [0.717, 1.165) is 19.3 Å². The molecule has 0 unspecified atom stereocenters. The molecule has 27 heavy (non-hydrogen) atoms. The van der Waals surface area contributed by atoms with Crippen LogP contribution in [0.25, 0.3) is 0 Å². The number of carbonyl (C=O) groups is 3. The molecule has 2 fully saturated rings. The molecule has 0 spiro atoms. The fourth-order valence-electron chi connectivity index (χ4n) is 3.98. The quantitative estimate of drug-likeness (QED) is 0.542. The van der Waals surface area contributed by atoms with Crippen LogP contribution in [-0.2, 0) is 14.3 Å². The number of rotatable bonds is 2. The van der Waals surface area contributed by atoms with Gasteiger partial charge in [-0.1, -0.05) is 12.2 Å². The minimum atomic E-state index is -1.07. The topological polar surface area (TPSA) is 99.2 Å². The van der Waals surface area contributed by atoms with E-state index < -0.39 is 29.7 Å². The van der Waals surface area contributed by atoms with Gasteiger partial charge in [0, 0.05) is 32.5 Å². The molecule has 1 saturated carbocycles. The van der Waals surface area contributed by atoms with E-state index in [0.29, 0.717) is 13.0 Å². The molecule has 0 aromatic rings. The van der Waals surface area contributed by atoms with Gasteiger partial charge in [-0.3, -0.25) is 4.79 Å². The average Bonchev–Trinajstić information content (AvgIpc) is 3.18. The van der Waals surface area contributed by atoms with Gasteiger partial charge in [0.25, 0.3) is 0 Å². The number of likely N-dealkylation sites (N-methyl/N-ethyl adjacent to an activating group) is 1. The van der Waals surface area contributed by atoms with Crippen molar-refractivity contribution < 1.29 is 24.2 Å². The Morgan fingerprint density at radius 2 is 2.19 bits per heavy atom. The van der Waals surface area contributed by atoms with Gasteiger partial charge in [0.15, 0.2) is 0 Å². The molecule has 4 atom stereocenters. The number of ether oxygens (including phenoxy) is 1. The number of amides is 3. The van der Waals surface area contributed by atoms with Crippen molar-refractivity contribution in [3.63, 3.8) is 0 Å². The Bertz CT molecular complexity index is 637. The van der Waals surface area contributed by atoms with E-state index in [1.54, 1.807) is 18.9 Å². The first kappa shape index (κ1) is 19.7. The second-order valence-corrected chi connectivity index (χ2v) is 7.67. The van der Waals surface area contributed by atoms with E-state index in [9.17, 15) is 19.5 Å². The van der Waals surface area contributed by atoms with Crippen molar-refractivity contribution in [1.29, 1.82) is 0 Å². The maximum absolute atomic E-state index is 12.9. The SMILES string of the molecule is CCOC(=O)[C@@]12C[C@H]1C=CCCCCN(C)C(=O)[C@@H]1C[C@H](O)CN1C(=O)N2. The number of fused-ring (bicyclic) bond motifs is 2. The molecule has 3 rings (SSSR count). The first-order valence-electron chi connectivity index (χ1n) is 9.74. The Morgan fingerprint density at radius 3 is 2.93 bits per heavy atom. The lowest BCUT2D eigenvalue weighted by Crippen LogP contribution is -2.55. The number of hydrogen-bond donors (Lipinski definition) is 2. The van der Waals surface area contributed by atoms with Crippen molar-refractivity contribution in [3.05, 3.63) is 12.2 Å². The molecule has 0 bridgehead atoms. The Morgan fingerprint density at radius 1 is 1.41 bits per heavy atom. The first-order valence-corrected chi connectivity index (χ1v) is 9.74. The van der Waals surface area contributed by atoms with Crippen LogP contribution in [0.15, 0.2) is 12.2 Å². The Labute approximate surface area is 159 Å². The van der Waals surface area contributed by atoms with Gasteiger partial charge < -0.3 is 25.0 Å². The van der Waals surface area contributed by atoms with Crippen LogP contribution in [-0.4, -0.2) is 77.2 Å². The zero-order valence-corrected chi connectivity index (χ0v) is 16.0. The highest BCUT2D eigenvalue weighted by Crippen LogP contribution is 2.46. The summed E-state index contributed by atoms with van der Waals surface area (Å²) in [6, 6.07) is -1.21. The summed E-state index contributed by atoms with van der Waals surface area (Å²) in [7, 11) is 1.72. The number of aliphatic hydroxyl groups is 1. The molecular weight excluding hydrogens is 350 g/mol. The first-order chi connectivity index (χ1) is 12.9. The van der Waals surface area contributed by atoms with Gasteiger partial charge in [-0.25, -0.2) is 9.59 Å². The third-order valence-electron chi connectivity index (χ3n) is 5.67. The fourth-order valence-corrected chi connectivity index (χ4v) is 3.98. The molecular formula is C19H29N3O5. The summed E-state index contributed by atoms with van der Waals surface area (Å²) in [5.74, 6) is -0.723. The highest BCUT2D eigenvalue weighted by Gasteiger charge is 2.62. The molecule has 8 heteroatoms. The summed E-state index contributed by atoms with van der Waals surface area (Å²) in [4.78, 5) is 41.2. The van der Waals surface area contributed by atoms with Crippen LogP contribution in [0.3, 0.4) is 0 Å².